The van der Waals surface area contributed by atoms with Crippen LogP contribution in [0, 0.1) is 0 Å². The average Bonchev–Trinajstić information content (AvgIpc) is 3.86. The van der Waals surface area contributed by atoms with E-state index in [1.807, 2.05) is 62.6 Å². The van der Waals surface area contributed by atoms with Gasteiger partial charge in [-0.25, -0.2) is 23.8 Å². The first kappa shape index (κ1) is 43.3. The number of hydrogen-bond donors (Lipinski definition) is 2. The van der Waals surface area contributed by atoms with Gasteiger partial charge in [-0.05, 0) is 117 Å². The van der Waals surface area contributed by atoms with E-state index >= 15 is 0 Å². The Labute approximate surface area is 376 Å². The summed E-state index contributed by atoms with van der Waals surface area (Å²) in [4.78, 5) is 39.9. The molecule has 3 aromatic carbocycles. The van der Waals surface area contributed by atoms with E-state index in [9.17, 15) is 9.59 Å². The Hall–Kier alpha value is -6.32. The van der Waals surface area contributed by atoms with Crippen molar-refractivity contribution in [3.63, 3.8) is 0 Å². The maximum atomic E-state index is 12.5. The Morgan fingerprint density at radius 2 is 1.21 bits per heavy atom. The fourth-order valence-corrected chi connectivity index (χ4v) is 9.04. The second-order valence-electron chi connectivity index (χ2n) is 17.6. The molecule has 2 saturated heterocycles. The largest absolute Gasteiger partial charge is 0.444 e. The van der Waals surface area contributed by atoms with Gasteiger partial charge < -0.3 is 30.5 Å². The zero-order valence-corrected chi connectivity index (χ0v) is 38.3. The molecule has 326 valence electrons. The molecule has 63 heavy (non-hydrogen) atoms. The molecule has 4 aromatic heterocycles. The standard InChI is InChI=1S/C25H26N6O.C23H28BrN5O2/c1-16-11-27-12-17(2)31(16)22-8-6-18(7-9-22)21-13-28-25-23(14-29-30(25)15-21)19-4-3-5-20(10-19)24(26)32;1-15-12-27(22(30)31-23(3,4)5)13-16(2)29(15)19-8-6-17(7-9-19)18-10-25-21-20(24)11-26-28(21)14-18/h3-10,13-17,27H,11-12H2,1-2H3,(H2,26,32);6-11,14-16H,12-13H2,1-5H3/t16-,17+;15-,16+. The Morgan fingerprint density at radius 1 is 0.683 bits per heavy atom. The van der Waals surface area contributed by atoms with Gasteiger partial charge in [0.25, 0.3) is 0 Å². The van der Waals surface area contributed by atoms with Gasteiger partial charge in [-0.15, -0.1) is 0 Å². The van der Waals surface area contributed by atoms with Crippen molar-refractivity contribution in [2.75, 3.05) is 36.0 Å². The van der Waals surface area contributed by atoms with Crippen molar-refractivity contribution >= 4 is 50.6 Å². The molecular formula is C48H54BrN11O3. The van der Waals surface area contributed by atoms with E-state index in [0.717, 1.165) is 67.9 Å². The van der Waals surface area contributed by atoms with Crippen LogP contribution in [0.5, 0.6) is 0 Å². The van der Waals surface area contributed by atoms with Crippen LogP contribution < -0.4 is 20.9 Å². The Morgan fingerprint density at radius 3 is 1.76 bits per heavy atom. The highest BCUT2D eigenvalue weighted by Crippen LogP contribution is 2.31. The highest BCUT2D eigenvalue weighted by Gasteiger charge is 2.34. The molecule has 9 rings (SSSR count). The number of amides is 2. The number of benzene rings is 3. The van der Waals surface area contributed by atoms with Gasteiger partial charge >= 0.3 is 6.09 Å². The van der Waals surface area contributed by atoms with Gasteiger partial charge in [-0.2, -0.15) is 10.2 Å². The average molecular weight is 913 g/mol. The van der Waals surface area contributed by atoms with Crippen molar-refractivity contribution < 1.29 is 14.3 Å². The van der Waals surface area contributed by atoms with Crippen molar-refractivity contribution in [3.05, 3.63) is 120 Å². The summed E-state index contributed by atoms with van der Waals surface area (Å²) in [5.41, 5.74) is 15.2. The zero-order valence-electron chi connectivity index (χ0n) is 36.7. The zero-order chi connectivity index (χ0) is 44.6. The molecule has 0 radical (unpaired) electrons. The summed E-state index contributed by atoms with van der Waals surface area (Å²) in [7, 11) is 0. The lowest BCUT2D eigenvalue weighted by Crippen LogP contribution is -2.58. The number of carbonyl (C=O) groups is 2. The van der Waals surface area contributed by atoms with Crippen LogP contribution in [0.2, 0.25) is 0 Å². The molecule has 2 amide bonds. The summed E-state index contributed by atoms with van der Waals surface area (Å²) in [6.45, 7) is 17.8. The van der Waals surface area contributed by atoms with E-state index in [-0.39, 0.29) is 18.2 Å². The highest BCUT2D eigenvalue weighted by molar-refractivity contribution is 9.10. The molecule has 2 aliphatic heterocycles. The number of ether oxygens (including phenoxy) is 1. The lowest BCUT2D eigenvalue weighted by molar-refractivity contribution is 0.0193. The van der Waals surface area contributed by atoms with Gasteiger partial charge in [0.05, 0.1) is 16.9 Å². The molecule has 15 heteroatoms. The van der Waals surface area contributed by atoms with Crippen LogP contribution in [-0.2, 0) is 4.74 Å². The number of primary amides is 1. The van der Waals surface area contributed by atoms with Gasteiger partial charge in [0.1, 0.15) is 5.60 Å². The molecule has 0 spiro atoms. The quantitative estimate of drug-likeness (QED) is 0.167. The molecule has 4 atom stereocenters. The number of piperazine rings is 2. The SMILES string of the molecule is C[C@@H]1CN(C(=O)OC(C)(C)C)C[C@H](C)N1c1ccc(-c2cnc3c(Br)cnn3c2)cc1.C[C@@H]1CNC[C@H](C)N1c1ccc(-c2cnc3c(-c4cccc(C(N)=O)c4)cnn3c2)cc1. The van der Waals surface area contributed by atoms with Crippen molar-refractivity contribution in [2.45, 2.75) is 78.2 Å². The predicted octanol–water partition coefficient (Wildman–Crippen LogP) is 8.34. The number of nitrogens with one attached hydrogen (secondary N) is 1. The monoisotopic (exact) mass is 911 g/mol. The third kappa shape index (κ3) is 9.40. The van der Waals surface area contributed by atoms with E-state index in [2.05, 4.69) is 127 Å². The van der Waals surface area contributed by atoms with E-state index < -0.39 is 11.5 Å². The predicted molar refractivity (Wildman–Crippen MR) is 252 cm³/mol. The molecule has 0 unspecified atom stereocenters. The van der Waals surface area contributed by atoms with Crippen LogP contribution in [0.1, 0.15) is 58.8 Å². The second kappa shape index (κ2) is 17.8. The number of anilines is 2. The Balaban J connectivity index is 0.000000173. The summed E-state index contributed by atoms with van der Waals surface area (Å²) < 4.78 is 9.99. The highest BCUT2D eigenvalue weighted by atomic mass is 79.9. The molecule has 3 N–H and O–H groups in total. The molecule has 2 fully saturated rings. The summed E-state index contributed by atoms with van der Waals surface area (Å²) in [5.74, 6) is -0.452. The molecular weight excluding hydrogens is 859 g/mol. The third-order valence-corrected chi connectivity index (χ3v) is 12.1. The first-order valence-corrected chi connectivity index (χ1v) is 22.1. The minimum Gasteiger partial charge on any atom is -0.444 e. The molecule has 6 heterocycles. The fraction of sp³-hybridized carbons (Fsp3) is 0.333. The fourth-order valence-electron chi connectivity index (χ4n) is 8.66. The van der Waals surface area contributed by atoms with Gasteiger partial charge in [0.2, 0.25) is 5.91 Å². The topological polar surface area (TPSA) is 152 Å². The molecule has 0 aliphatic carbocycles. The maximum absolute atomic E-state index is 12.5. The summed E-state index contributed by atoms with van der Waals surface area (Å²) >= 11 is 3.46. The molecule has 0 saturated carbocycles. The van der Waals surface area contributed by atoms with Crippen molar-refractivity contribution in [2.24, 2.45) is 5.73 Å². The second-order valence-corrected chi connectivity index (χ2v) is 18.4. The van der Waals surface area contributed by atoms with E-state index in [1.165, 1.54) is 5.69 Å². The maximum Gasteiger partial charge on any atom is 0.410 e. The number of nitrogens with zero attached hydrogens (tertiary/aromatic N) is 9. The molecule has 14 nitrogen and oxygen atoms in total. The van der Waals surface area contributed by atoms with Crippen LogP contribution in [0.25, 0.3) is 44.7 Å². The first-order chi connectivity index (χ1) is 30.1. The van der Waals surface area contributed by atoms with Crippen LogP contribution >= 0.6 is 15.9 Å². The first-order valence-electron chi connectivity index (χ1n) is 21.3. The van der Waals surface area contributed by atoms with Gasteiger partial charge in [-0.3, -0.25) is 4.79 Å². The third-order valence-electron chi connectivity index (χ3n) is 11.5. The number of carbonyl (C=O) groups excluding carboxylic acids is 2. The van der Waals surface area contributed by atoms with E-state index in [4.69, 9.17) is 10.5 Å². The minimum atomic E-state index is -0.485. The van der Waals surface area contributed by atoms with Crippen molar-refractivity contribution in [1.82, 2.24) is 39.4 Å². The van der Waals surface area contributed by atoms with Gasteiger partial charge in [-0.1, -0.05) is 36.4 Å². The van der Waals surface area contributed by atoms with E-state index in [0.29, 0.717) is 30.7 Å². The number of rotatable bonds is 6. The summed E-state index contributed by atoms with van der Waals surface area (Å²) in [5, 5.41) is 12.3. The van der Waals surface area contributed by atoms with Gasteiger partial charge in [0.15, 0.2) is 11.3 Å². The number of aromatic nitrogens is 6. The number of hydrogen-bond acceptors (Lipinski definition) is 10. The Bertz CT molecular complexity index is 2720. The van der Waals surface area contributed by atoms with Crippen molar-refractivity contribution in [3.8, 4) is 33.4 Å². The van der Waals surface area contributed by atoms with Crippen LogP contribution in [-0.4, -0.2) is 102 Å². The summed E-state index contributed by atoms with van der Waals surface area (Å²) in [6.07, 6.45) is 11.0. The number of fused-ring (bicyclic) bond motifs is 2. The van der Waals surface area contributed by atoms with Crippen molar-refractivity contribution in [1.29, 1.82) is 0 Å². The van der Waals surface area contributed by atoms with Gasteiger partial charge in [0, 0.05) is 109 Å². The lowest BCUT2D eigenvalue weighted by atomic mass is 10.0. The summed E-state index contributed by atoms with van der Waals surface area (Å²) in [6, 6.07) is 25.6. The lowest BCUT2D eigenvalue weighted by Gasteiger charge is -2.45. The number of halogens is 1. The molecule has 0 bridgehead atoms. The minimum absolute atomic E-state index is 0.182. The Kier molecular flexibility index (Phi) is 12.3. The van der Waals surface area contributed by atoms with E-state index in [1.54, 1.807) is 33.6 Å². The molecule has 2 aliphatic rings. The van der Waals surface area contributed by atoms with Crippen LogP contribution in [0.4, 0.5) is 16.2 Å². The number of nitrogens with two attached hydrogens (primary N) is 1. The van der Waals surface area contributed by atoms with Crippen LogP contribution in [0.3, 0.4) is 0 Å². The van der Waals surface area contributed by atoms with Crippen LogP contribution in [0.15, 0.2) is 114 Å². The smallest absolute Gasteiger partial charge is 0.410 e. The molecule has 7 aromatic rings. The normalized spacial score (nSPS) is 19.2.